The lowest BCUT2D eigenvalue weighted by Crippen LogP contribution is -2.26. The average molecular weight is 217 g/mol. The van der Waals surface area contributed by atoms with Crippen LogP contribution >= 0.6 is 0 Å². The van der Waals surface area contributed by atoms with E-state index in [9.17, 15) is 4.79 Å². The number of carbonyl (C=O) groups is 1. The minimum atomic E-state index is -0.237. The number of nitrogens with zero attached hydrogens (tertiary/aromatic N) is 2. The highest BCUT2D eigenvalue weighted by Crippen LogP contribution is 2.17. The minimum Gasteiger partial charge on any atom is -0.399 e. The lowest BCUT2D eigenvalue weighted by Gasteiger charge is -2.15. The zero-order chi connectivity index (χ0) is 11.5. The van der Waals surface area contributed by atoms with E-state index < -0.39 is 0 Å². The molecule has 2 N–H and O–H groups in total. The van der Waals surface area contributed by atoms with Gasteiger partial charge in [-0.3, -0.25) is 4.79 Å². The molecule has 1 amide bonds. The first kappa shape index (κ1) is 10.2. The molecule has 0 unspecified atom stereocenters. The predicted octanol–water partition coefficient (Wildman–Crippen LogP) is 1.53. The van der Waals surface area contributed by atoms with Crippen LogP contribution in [0.15, 0.2) is 41.1 Å². The van der Waals surface area contributed by atoms with Gasteiger partial charge >= 0.3 is 0 Å². The molecule has 1 aromatic carbocycles. The van der Waals surface area contributed by atoms with Gasteiger partial charge in [-0.05, 0) is 18.2 Å². The van der Waals surface area contributed by atoms with Crippen molar-refractivity contribution in [3.05, 3.63) is 42.3 Å². The molecule has 5 nitrogen and oxygen atoms in total. The first-order valence-electron chi connectivity index (χ1n) is 4.72. The molecule has 0 aliphatic rings. The average Bonchev–Trinajstić information content (AvgIpc) is 2.80. The molecular weight excluding hydrogens is 206 g/mol. The summed E-state index contributed by atoms with van der Waals surface area (Å²) >= 11 is 0. The molecule has 2 aromatic rings. The molecule has 2 rings (SSSR count). The zero-order valence-electron chi connectivity index (χ0n) is 8.75. The summed E-state index contributed by atoms with van der Waals surface area (Å²) < 4.78 is 4.62. The summed E-state index contributed by atoms with van der Waals surface area (Å²) in [6.07, 6.45) is 1.36. The number of nitrogen functional groups attached to an aromatic ring is 1. The number of hydrogen-bond donors (Lipinski definition) is 1. The molecule has 1 heterocycles. The molecule has 0 spiro atoms. The summed E-state index contributed by atoms with van der Waals surface area (Å²) in [5, 5.41) is 3.59. The van der Waals surface area contributed by atoms with Gasteiger partial charge in [0.25, 0.3) is 5.91 Å². The fourth-order valence-corrected chi connectivity index (χ4v) is 1.35. The molecular formula is C11H11N3O2. The Morgan fingerprint density at radius 1 is 1.44 bits per heavy atom. The topological polar surface area (TPSA) is 72.4 Å². The van der Waals surface area contributed by atoms with Gasteiger partial charge in [-0.1, -0.05) is 11.2 Å². The summed E-state index contributed by atoms with van der Waals surface area (Å²) in [4.78, 5) is 13.3. The number of anilines is 2. The molecule has 0 atom stereocenters. The van der Waals surface area contributed by atoms with E-state index in [4.69, 9.17) is 5.73 Å². The fourth-order valence-electron chi connectivity index (χ4n) is 1.35. The Balaban J connectivity index is 2.26. The van der Waals surface area contributed by atoms with Crippen molar-refractivity contribution in [3.8, 4) is 0 Å². The number of carbonyl (C=O) groups excluding carboxylic acids is 1. The van der Waals surface area contributed by atoms with Crippen molar-refractivity contribution in [1.82, 2.24) is 5.16 Å². The molecule has 0 radical (unpaired) electrons. The Labute approximate surface area is 92.4 Å². The van der Waals surface area contributed by atoms with Gasteiger partial charge in [-0.2, -0.15) is 0 Å². The summed E-state index contributed by atoms with van der Waals surface area (Å²) in [6.45, 7) is 0. The van der Waals surface area contributed by atoms with E-state index in [0.717, 1.165) is 0 Å². The molecule has 1 aromatic heterocycles. The van der Waals surface area contributed by atoms with Crippen LogP contribution in [0.5, 0.6) is 0 Å². The Kier molecular flexibility index (Phi) is 2.59. The Bertz CT molecular complexity index is 494. The van der Waals surface area contributed by atoms with Crippen LogP contribution in [0.25, 0.3) is 0 Å². The second-order valence-corrected chi connectivity index (χ2v) is 3.34. The van der Waals surface area contributed by atoms with Gasteiger partial charge in [-0.15, -0.1) is 0 Å². The third kappa shape index (κ3) is 1.88. The van der Waals surface area contributed by atoms with Gasteiger partial charge in [0.2, 0.25) is 0 Å². The highest BCUT2D eigenvalue weighted by Gasteiger charge is 2.15. The van der Waals surface area contributed by atoms with Crippen molar-refractivity contribution in [1.29, 1.82) is 0 Å². The van der Waals surface area contributed by atoms with Gasteiger partial charge in [-0.25, -0.2) is 0 Å². The van der Waals surface area contributed by atoms with Gasteiger partial charge in [0.15, 0.2) is 5.69 Å². The van der Waals surface area contributed by atoms with Crippen molar-refractivity contribution >= 4 is 17.3 Å². The largest absolute Gasteiger partial charge is 0.399 e. The fraction of sp³-hybridized carbons (Fsp3) is 0.0909. The van der Waals surface area contributed by atoms with Crippen molar-refractivity contribution in [3.63, 3.8) is 0 Å². The summed E-state index contributed by atoms with van der Waals surface area (Å²) in [7, 11) is 1.66. The SMILES string of the molecule is CN(C(=O)c1ccon1)c1cccc(N)c1. The van der Waals surface area contributed by atoms with Crippen molar-refractivity contribution in [2.45, 2.75) is 0 Å². The van der Waals surface area contributed by atoms with Crippen LogP contribution in [0.1, 0.15) is 10.5 Å². The molecule has 0 saturated carbocycles. The lowest BCUT2D eigenvalue weighted by molar-refractivity contribution is 0.0984. The van der Waals surface area contributed by atoms with Crippen LogP contribution in [0.3, 0.4) is 0 Å². The molecule has 0 saturated heterocycles. The van der Waals surface area contributed by atoms with Gasteiger partial charge < -0.3 is 15.2 Å². The van der Waals surface area contributed by atoms with E-state index >= 15 is 0 Å². The Hall–Kier alpha value is -2.30. The Morgan fingerprint density at radius 2 is 2.25 bits per heavy atom. The summed E-state index contributed by atoms with van der Waals surface area (Å²) in [6, 6.07) is 8.59. The minimum absolute atomic E-state index is 0.237. The maximum absolute atomic E-state index is 11.9. The monoisotopic (exact) mass is 217 g/mol. The number of aromatic nitrogens is 1. The van der Waals surface area contributed by atoms with Crippen LogP contribution in [0, 0.1) is 0 Å². The number of benzene rings is 1. The zero-order valence-corrected chi connectivity index (χ0v) is 8.75. The maximum Gasteiger partial charge on any atom is 0.280 e. The molecule has 0 fully saturated rings. The standard InChI is InChI=1S/C11H11N3O2/c1-14(9-4-2-3-8(12)7-9)11(15)10-5-6-16-13-10/h2-7H,12H2,1H3. The van der Waals surface area contributed by atoms with Crippen molar-refractivity contribution < 1.29 is 9.32 Å². The molecule has 0 aliphatic heterocycles. The van der Waals surface area contributed by atoms with Crippen molar-refractivity contribution in [2.75, 3.05) is 17.7 Å². The smallest absolute Gasteiger partial charge is 0.280 e. The number of nitrogens with two attached hydrogens (primary N) is 1. The second-order valence-electron chi connectivity index (χ2n) is 3.34. The van der Waals surface area contributed by atoms with Crippen LogP contribution in [-0.2, 0) is 0 Å². The molecule has 5 heteroatoms. The van der Waals surface area contributed by atoms with Gasteiger partial charge in [0, 0.05) is 24.5 Å². The highest BCUT2D eigenvalue weighted by atomic mass is 16.5. The predicted molar refractivity (Wildman–Crippen MR) is 60.1 cm³/mol. The number of amides is 1. The molecule has 0 bridgehead atoms. The van der Waals surface area contributed by atoms with E-state index in [1.54, 1.807) is 31.3 Å². The number of rotatable bonds is 2. The normalized spacial score (nSPS) is 10.1. The first-order valence-corrected chi connectivity index (χ1v) is 4.72. The van der Waals surface area contributed by atoms with Gasteiger partial charge in [0.1, 0.15) is 6.26 Å². The quantitative estimate of drug-likeness (QED) is 0.774. The van der Waals surface area contributed by atoms with E-state index in [1.165, 1.54) is 17.2 Å². The van der Waals surface area contributed by atoms with E-state index in [-0.39, 0.29) is 11.6 Å². The molecule has 16 heavy (non-hydrogen) atoms. The van der Waals surface area contributed by atoms with Crippen LogP contribution < -0.4 is 10.6 Å². The summed E-state index contributed by atoms with van der Waals surface area (Å²) in [5.74, 6) is -0.237. The molecule has 82 valence electrons. The first-order chi connectivity index (χ1) is 7.68. The van der Waals surface area contributed by atoms with E-state index in [2.05, 4.69) is 9.68 Å². The van der Waals surface area contributed by atoms with E-state index in [0.29, 0.717) is 11.4 Å². The lowest BCUT2D eigenvalue weighted by atomic mass is 10.2. The highest BCUT2D eigenvalue weighted by molar-refractivity contribution is 6.04. The van der Waals surface area contributed by atoms with Crippen LogP contribution in [0.2, 0.25) is 0 Å². The number of hydrogen-bond acceptors (Lipinski definition) is 4. The molecule has 0 aliphatic carbocycles. The third-order valence-electron chi connectivity index (χ3n) is 2.22. The summed E-state index contributed by atoms with van der Waals surface area (Å²) in [5.41, 5.74) is 7.24. The Morgan fingerprint density at radius 3 is 2.88 bits per heavy atom. The van der Waals surface area contributed by atoms with Gasteiger partial charge in [0.05, 0.1) is 0 Å². The van der Waals surface area contributed by atoms with E-state index in [1.807, 2.05) is 0 Å². The third-order valence-corrected chi connectivity index (χ3v) is 2.22. The van der Waals surface area contributed by atoms with Crippen LogP contribution in [-0.4, -0.2) is 18.1 Å². The van der Waals surface area contributed by atoms with Crippen molar-refractivity contribution in [2.24, 2.45) is 0 Å². The van der Waals surface area contributed by atoms with Crippen LogP contribution in [0.4, 0.5) is 11.4 Å². The maximum atomic E-state index is 11.9. The second kappa shape index (κ2) is 4.06.